The molecule has 1 amide bonds. The van der Waals surface area contributed by atoms with Crippen molar-refractivity contribution in [2.75, 3.05) is 6.54 Å². The molecule has 16 heavy (non-hydrogen) atoms. The molecule has 0 aromatic heterocycles. The molecule has 0 aromatic carbocycles. The zero-order chi connectivity index (χ0) is 11.5. The first-order valence-electron chi connectivity index (χ1n) is 5.63. The number of carboxylic acid groups (broad SMARTS) is 1. The molecule has 0 saturated carbocycles. The number of unbranched alkanes of at least 4 members (excludes halogenated alkanes) is 5. The Hall–Kier alpha value is 0.576. The summed E-state index contributed by atoms with van der Waals surface area (Å²) in [7, 11) is 0. The second-order valence-corrected chi connectivity index (χ2v) is 3.67. The van der Waals surface area contributed by atoms with Crippen molar-refractivity contribution in [2.24, 2.45) is 0 Å². The van der Waals surface area contributed by atoms with Crippen molar-refractivity contribution in [3.05, 3.63) is 0 Å². The molecule has 0 atom stereocenters. The molecular formula is C11H20KNO3. The molecule has 0 spiro atoms. The van der Waals surface area contributed by atoms with Crippen LogP contribution in [0.1, 0.15) is 51.9 Å². The van der Waals surface area contributed by atoms with Crippen LogP contribution in [0.15, 0.2) is 0 Å². The second kappa shape index (κ2) is 13.6. The van der Waals surface area contributed by atoms with Crippen LogP contribution in [0, 0.1) is 0 Å². The van der Waals surface area contributed by atoms with E-state index < -0.39 is 5.97 Å². The Bertz CT molecular complexity index is 198. The first-order valence-corrected chi connectivity index (χ1v) is 5.63. The van der Waals surface area contributed by atoms with Crippen molar-refractivity contribution in [3.63, 3.8) is 0 Å². The number of aliphatic carboxylic acids is 1. The van der Waals surface area contributed by atoms with E-state index in [0.29, 0.717) is 6.42 Å². The minimum Gasteiger partial charge on any atom is -0.548 e. The topological polar surface area (TPSA) is 69.2 Å². The van der Waals surface area contributed by atoms with Crippen LogP contribution in [0.25, 0.3) is 0 Å². The molecule has 88 valence electrons. The number of rotatable bonds is 9. The molecule has 5 heteroatoms. The van der Waals surface area contributed by atoms with Crippen molar-refractivity contribution >= 4 is 11.9 Å². The normalized spacial score (nSPS) is 9.31. The molecule has 0 aromatic rings. The average Bonchev–Trinajstić information content (AvgIpc) is 2.20. The number of hydrogen-bond acceptors (Lipinski definition) is 3. The van der Waals surface area contributed by atoms with Crippen LogP contribution in [0.2, 0.25) is 0 Å². The number of amides is 1. The van der Waals surface area contributed by atoms with Crippen molar-refractivity contribution < 1.29 is 66.1 Å². The Balaban J connectivity index is 0. The summed E-state index contributed by atoms with van der Waals surface area (Å²) < 4.78 is 0. The predicted octanol–water partition coefficient (Wildman–Crippen LogP) is -2.39. The maximum absolute atomic E-state index is 11.0. The van der Waals surface area contributed by atoms with Crippen LogP contribution in [0.5, 0.6) is 0 Å². The van der Waals surface area contributed by atoms with Crippen LogP contribution >= 0.6 is 0 Å². The fourth-order valence-corrected chi connectivity index (χ4v) is 1.33. The van der Waals surface area contributed by atoms with E-state index in [2.05, 4.69) is 12.2 Å². The molecule has 0 aliphatic rings. The van der Waals surface area contributed by atoms with Gasteiger partial charge in [-0.25, -0.2) is 0 Å². The van der Waals surface area contributed by atoms with Crippen LogP contribution < -0.4 is 61.8 Å². The molecular weight excluding hydrogens is 233 g/mol. The summed E-state index contributed by atoms with van der Waals surface area (Å²) in [6.45, 7) is 1.78. The Morgan fingerprint density at radius 3 is 2.19 bits per heavy atom. The molecule has 0 unspecified atom stereocenters. The monoisotopic (exact) mass is 253 g/mol. The van der Waals surface area contributed by atoms with Gasteiger partial charge in [0.15, 0.2) is 0 Å². The molecule has 4 nitrogen and oxygen atoms in total. The van der Waals surface area contributed by atoms with Crippen LogP contribution in [-0.2, 0) is 9.59 Å². The van der Waals surface area contributed by atoms with Crippen LogP contribution in [-0.4, -0.2) is 18.4 Å². The van der Waals surface area contributed by atoms with Gasteiger partial charge < -0.3 is 15.2 Å². The van der Waals surface area contributed by atoms with Gasteiger partial charge >= 0.3 is 51.4 Å². The van der Waals surface area contributed by atoms with E-state index in [1.165, 1.54) is 19.3 Å². The maximum atomic E-state index is 11.0. The predicted molar refractivity (Wildman–Crippen MR) is 56.0 cm³/mol. The summed E-state index contributed by atoms with van der Waals surface area (Å²) >= 11 is 0. The third-order valence-corrected chi connectivity index (χ3v) is 2.19. The van der Waals surface area contributed by atoms with Gasteiger partial charge in [-0.15, -0.1) is 0 Å². The molecule has 0 fully saturated rings. The van der Waals surface area contributed by atoms with Crippen LogP contribution in [0.3, 0.4) is 0 Å². The van der Waals surface area contributed by atoms with Gasteiger partial charge in [0.05, 0.1) is 12.5 Å². The van der Waals surface area contributed by atoms with Gasteiger partial charge in [0.25, 0.3) is 0 Å². The largest absolute Gasteiger partial charge is 1.00 e. The van der Waals surface area contributed by atoms with E-state index in [-0.39, 0.29) is 63.8 Å². The SMILES string of the molecule is CCCCCCCCC(=O)NCC(=O)[O-].[K+]. The summed E-state index contributed by atoms with van der Waals surface area (Å²) in [5, 5.41) is 12.3. The Morgan fingerprint density at radius 2 is 1.62 bits per heavy atom. The summed E-state index contributed by atoms with van der Waals surface area (Å²) in [6.07, 6.45) is 7.13. The Morgan fingerprint density at radius 1 is 1.06 bits per heavy atom. The first-order chi connectivity index (χ1) is 7.16. The van der Waals surface area contributed by atoms with Gasteiger partial charge in [0, 0.05) is 6.42 Å². The number of carbonyl (C=O) groups excluding carboxylic acids is 2. The molecule has 0 aliphatic carbocycles. The van der Waals surface area contributed by atoms with E-state index in [1.807, 2.05) is 0 Å². The molecule has 1 N–H and O–H groups in total. The van der Waals surface area contributed by atoms with Crippen molar-refractivity contribution in [1.29, 1.82) is 0 Å². The zero-order valence-electron chi connectivity index (χ0n) is 10.4. The standard InChI is InChI=1S/C11H21NO3.K/c1-2-3-4-5-6-7-8-10(13)12-9-11(14)15;/h2-9H2,1H3,(H,12,13)(H,14,15);/q;+1/p-1. The molecule has 0 radical (unpaired) electrons. The smallest absolute Gasteiger partial charge is 0.548 e. The third-order valence-electron chi connectivity index (χ3n) is 2.19. The minimum atomic E-state index is -1.24. The summed E-state index contributed by atoms with van der Waals surface area (Å²) in [5.41, 5.74) is 0. The summed E-state index contributed by atoms with van der Waals surface area (Å²) in [5.74, 6) is -1.44. The minimum absolute atomic E-state index is 0. The fourth-order valence-electron chi connectivity index (χ4n) is 1.33. The summed E-state index contributed by atoms with van der Waals surface area (Å²) in [4.78, 5) is 21.1. The van der Waals surface area contributed by atoms with Gasteiger partial charge in [0.2, 0.25) is 5.91 Å². The Kier molecular flexibility index (Phi) is 16.1. The maximum Gasteiger partial charge on any atom is 1.00 e. The van der Waals surface area contributed by atoms with E-state index in [4.69, 9.17) is 0 Å². The second-order valence-electron chi connectivity index (χ2n) is 3.67. The molecule has 0 aliphatic heterocycles. The van der Waals surface area contributed by atoms with Crippen LogP contribution in [0.4, 0.5) is 0 Å². The van der Waals surface area contributed by atoms with Crippen molar-refractivity contribution in [3.8, 4) is 0 Å². The Labute approximate surface area is 140 Å². The molecule has 0 bridgehead atoms. The first kappa shape index (κ1) is 18.9. The summed E-state index contributed by atoms with van der Waals surface area (Å²) in [6, 6.07) is 0. The molecule has 0 rings (SSSR count). The zero-order valence-corrected chi connectivity index (χ0v) is 13.5. The van der Waals surface area contributed by atoms with Gasteiger partial charge in [0.1, 0.15) is 0 Å². The van der Waals surface area contributed by atoms with E-state index in [1.54, 1.807) is 0 Å². The van der Waals surface area contributed by atoms with Crippen molar-refractivity contribution in [2.45, 2.75) is 51.9 Å². The van der Waals surface area contributed by atoms with Crippen molar-refractivity contribution in [1.82, 2.24) is 5.32 Å². The number of hydrogen-bond donors (Lipinski definition) is 1. The fraction of sp³-hybridized carbons (Fsp3) is 0.818. The third kappa shape index (κ3) is 14.6. The van der Waals surface area contributed by atoms with E-state index in [9.17, 15) is 14.7 Å². The molecule has 0 saturated heterocycles. The molecule has 0 heterocycles. The quantitative estimate of drug-likeness (QED) is 0.368. The van der Waals surface area contributed by atoms with Gasteiger partial charge in [-0.05, 0) is 6.42 Å². The van der Waals surface area contributed by atoms with E-state index >= 15 is 0 Å². The van der Waals surface area contributed by atoms with Gasteiger partial charge in [-0.3, -0.25) is 4.79 Å². The van der Waals surface area contributed by atoms with E-state index in [0.717, 1.165) is 19.3 Å². The van der Waals surface area contributed by atoms with Gasteiger partial charge in [-0.1, -0.05) is 39.0 Å². The van der Waals surface area contributed by atoms with Gasteiger partial charge in [-0.2, -0.15) is 0 Å². The number of carbonyl (C=O) groups is 2. The number of carboxylic acids is 1. The number of nitrogens with one attached hydrogen (secondary N) is 1. The average molecular weight is 253 g/mol.